The number of carbonyl (C=O) groups is 1. The van der Waals surface area contributed by atoms with Crippen molar-refractivity contribution in [1.29, 1.82) is 0 Å². The van der Waals surface area contributed by atoms with Crippen molar-refractivity contribution < 1.29 is 19.2 Å². The van der Waals surface area contributed by atoms with E-state index in [0.29, 0.717) is 13.1 Å². The Morgan fingerprint density at radius 3 is 2.61 bits per heavy atom. The first-order chi connectivity index (χ1) is 13.5. The summed E-state index contributed by atoms with van der Waals surface area (Å²) in [6.07, 6.45) is 0. The Morgan fingerprint density at radius 2 is 1.93 bits per heavy atom. The van der Waals surface area contributed by atoms with Crippen LogP contribution in [0.5, 0.6) is 5.75 Å². The molecule has 0 radical (unpaired) electrons. The van der Waals surface area contributed by atoms with Crippen LogP contribution in [0.1, 0.15) is 5.56 Å². The van der Waals surface area contributed by atoms with Gasteiger partial charge in [-0.15, -0.1) is 0 Å². The number of benzene rings is 2. The zero-order valence-electron chi connectivity index (χ0n) is 16.3. The molecular weight excluding hydrogens is 422 g/mol. The minimum Gasteiger partial charge on any atom is -0.496 e. The lowest BCUT2D eigenvalue weighted by Gasteiger charge is -2.28. The van der Waals surface area contributed by atoms with Gasteiger partial charge in [-0.05, 0) is 42.5 Å². The Kier molecular flexibility index (Phi) is 7.30. The van der Waals surface area contributed by atoms with E-state index in [4.69, 9.17) is 9.47 Å². The molecule has 28 heavy (non-hydrogen) atoms. The van der Waals surface area contributed by atoms with Gasteiger partial charge in [0.1, 0.15) is 12.3 Å². The highest BCUT2D eigenvalue weighted by Gasteiger charge is 2.15. The number of anilines is 2. The van der Waals surface area contributed by atoms with Crippen molar-refractivity contribution in [1.82, 2.24) is 0 Å². The lowest BCUT2D eigenvalue weighted by molar-refractivity contribution is -0.885. The molecule has 2 aromatic rings. The number of morpholine rings is 1. The fraction of sp³-hybridized carbons (Fsp3) is 0.381. The Morgan fingerprint density at radius 1 is 1.21 bits per heavy atom. The van der Waals surface area contributed by atoms with E-state index < -0.39 is 0 Å². The van der Waals surface area contributed by atoms with E-state index in [1.165, 1.54) is 0 Å². The van der Waals surface area contributed by atoms with Crippen molar-refractivity contribution in [2.24, 2.45) is 0 Å². The fourth-order valence-corrected chi connectivity index (χ4v) is 3.74. The van der Waals surface area contributed by atoms with E-state index in [1.54, 1.807) is 7.11 Å². The SMILES string of the molecule is COc1ccc(Br)cc1C[NH+](C)CC(=O)Nc1ccc(N2CCOCC2)cc1. The third kappa shape index (κ3) is 5.70. The van der Waals surface area contributed by atoms with E-state index in [9.17, 15) is 4.79 Å². The quantitative estimate of drug-likeness (QED) is 0.679. The smallest absolute Gasteiger partial charge is 0.279 e. The van der Waals surface area contributed by atoms with Crippen LogP contribution in [0.2, 0.25) is 0 Å². The van der Waals surface area contributed by atoms with E-state index in [0.717, 1.165) is 58.4 Å². The predicted octanol–water partition coefficient (Wildman–Crippen LogP) is 1.95. The molecule has 2 aromatic carbocycles. The molecule has 0 spiro atoms. The molecule has 0 saturated carbocycles. The summed E-state index contributed by atoms with van der Waals surface area (Å²) in [4.78, 5) is 15.8. The zero-order valence-corrected chi connectivity index (χ0v) is 17.9. The molecule has 3 rings (SSSR count). The molecule has 7 heteroatoms. The summed E-state index contributed by atoms with van der Waals surface area (Å²) >= 11 is 3.49. The van der Waals surface area contributed by atoms with E-state index in [2.05, 4.69) is 26.1 Å². The standard InChI is InChI=1S/C21H26BrN3O3/c1-24(14-16-13-17(22)3-8-20(16)27-2)15-21(26)23-18-4-6-19(7-5-18)25-9-11-28-12-10-25/h3-8,13H,9-12,14-15H2,1-2H3,(H,23,26)/p+1. The number of halogens is 1. The molecular formula is C21H27BrN3O3+. The molecule has 1 fully saturated rings. The number of likely N-dealkylation sites (N-methyl/N-ethyl adjacent to an activating group) is 1. The maximum atomic E-state index is 12.4. The van der Waals surface area contributed by atoms with Crippen molar-refractivity contribution in [3.8, 4) is 5.75 Å². The molecule has 1 aliphatic heterocycles. The van der Waals surface area contributed by atoms with Gasteiger partial charge in [-0.3, -0.25) is 4.79 Å². The first-order valence-corrected chi connectivity index (χ1v) is 10.2. The summed E-state index contributed by atoms with van der Waals surface area (Å²) in [5, 5.41) is 2.99. The third-order valence-electron chi connectivity index (χ3n) is 4.72. The van der Waals surface area contributed by atoms with Gasteiger partial charge in [0, 0.05) is 34.5 Å². The molecule has 6 nitrogen and oxygen atoms in total. The third-order valence-corrected chi connectivity index (χ3v) is 5.22. The van der Waals surface area contributed by atoms with Crippen LogP contribution in [-0.2, 0) is 16.1 Å². The number of ether oxygens (including phenoxy) is 2. The molecule has 1 atom stereocenters. The van der Waals surface area contributed by atoms with Crippen LogP contribution in [0.3, 0.4) is 0 Å². The fourth-order valence-electron chi connectivity index (χ4n) is 3.33. The number of carbonyl (C=O) groups excluding carboxylic acids is 1. The summed E-state index contributed by atoms with van der Waals surface area (Å²) < 4.78 is 11.8. The van der Waals surface area contributed by atoms with E-state index >= 15 is 0 Å². The van der Waals surface area contributed by atoms with Crippen molar-refractivity contribution in [2.45, 2.75) is 6.54 Å². The van der Waals surface area contributed by atoms with Crippen LogP contribution >= 0.6 is 15.9 Å². The molecule has 1 amide bonds. The van der Waals surface area contributed by atoms with Crippen LogP contribution in [0, 0.1) is 0 Å². The first-order valence-electron chi connectivity index (χ1n) is 9.41. The average Bonchev–Trinajstić information content (AvgIpc) is 2.69. The van der Waals surface area contributed by atoms with Crippen LogP contribution in [0.4, 0.5) is 11.4 Å². The minimum absolute atomic E-state index is 0.00872. The summed E-state index contributed by atoms with van der Waals surface area (Å²) in [6, 6.07) is 13.9. The summed E-state index contributed by atoms with van der Waals surface area (Å²) in [5.74, 6) is 0.826. The Hall–Kier alpha value is -2.09. The number of nitrogens with zero attached hydrogens (tertiary/aromatic N) is 1. The normalized spacial score (nSPS) is 15.2. The first kappa shape index (κ1) is 20.6. The maximum absolute atomic E-state index is 12.4. The highest BCUT2D eigenvalue weighted by molar-refractivity contribution is 9.10. The second-order valence-corrected chi connectivity index (χ2v) is 7.88. The zero-order chi connectivity index (χ0) is 19.9. The average molecular weight is 449 g/mol. The molecule has 1 aliphatic rings. The minimum atomic E-state index is -0.00872. The topological polar surface area (TPSA) is 55.2 Å². The number of nitrogens with one attached hydrogen (secondary N) is 2. The van der Waals surface area contributed by atoms with Crippen molar-refractivity contribution in [3.63, 3.8) is 0 Å². The Balaban J connectivity index is 1.52. The Bertz CT molecular complexity index is 792. The van der Waals surface area contributed by atoms with Crippen LogP contribution in [0.15, 0.2) is 46.9 Å². The monoisotopic (exact) mass is 448 g/mol. The van der Waals surface area contributed by atoms with Gasteiger partial charge in [0.2, 0.25) is 0 Å². The van der Waals surface area contributed by atoms with Crippen LogP contribution in [-0.4, -0.2) is 52.9 Å². The van der Waals surface area contributed by atoms with Crippen molar-refractivity contribution in [2.75, 3.05) is 57.2 Å². The summed E-state index contributed by atoms with van der Waals surface area (Å²) in [5.41, 5.74) is 3.04. The molecule has 1 heterocycles. The lowest BCUT2D eigenvalue weighted by atomic mass is 10.2. The highest BCUT2D eigenvalue weighted by Crippen LogP contribution is 2.22. The summed E-state index contributed by atoms with van der Waals surface area (Å²) in [6.45, 7) is 4.40. The maximum Gasteiger partial charge on any atom is 0.279 e. The van der Waals surface area contributed by atoms with Crippen molar-refractivity contribution >= 4 is 33.2 Å². The predicted molar refractivity (Wildman–Crippen MR) is 114 cm³/mol. The van der Waals surface area contributed by atoms with Crippen molar-refractivity contribution in [3.05, 3.63) is 52.5 Å². The number of methoxy groups -OCH3 is 1. The van der Waals surface area contributed by atoms with Gasteiger partial charge in [-0.25, -0.2) is 0 Å². The van der Waals surface area contributed by atoms with Gasteiger partial charge < -0.3 is 24.6 Å². The van der Waals surface area contributed by atoms with Gasteiger partial charge in [-0.2, -0.15) is 0 Å². The highest BCUT2D eigenvalue weighted by atomic mass is 79.9. The number of rotatable bonds is 7. The molecule has 0 bridgehead atoms. The molecule has 150 valence electrons. The molecule has 0 aliphatic carbocycles. The molecule has 1 unspecified atom stereocenters. The van der Waals surface area contributed by atoms with Crippen LogP contribution in [0.25, 0.3) is 0 Å². The lowest BCUT2D eigenvalue weighted by Crippen LogP contribution is -3.08. The van der Waals surface area contributed by atoms with Crippen LogP contribution < -0.4 is 19.9 Å². The number of amides is 1. The van der Waals surface area contributed by atoms with Gasteiger partial charge >= 0.3 is 0 Å². The molecule has 1 saturated heterocycles. The van der Waals surface area contributed by atoms with Gasteiger partial charge in [-0.1, -0.05) is 15.9 Å². The largest absolute Gasteiger partial charge is 0.496 e. The number of hydrogen-bond donors (Lipinski definition) is 2. The second-order valence-electron chi connectivity index (χ2n) is 6.96. The number of quaternary nitrogens is 1. The number of hydrogen-bond acceptors (Lipinski definition) is 4. The van der Waals surface area contributed by atoms with Gasteiger partial charge in [0.15, 0.2) is 6.54 Å². The molecule has 0 aromatic heterocycles. The van der Waals surface area contributed by atoms with Gasteiger partial charge in [0.05, 0.1) is 27.4 Å². The Labute approximate surface area is 174 Å². The summed E-state index contributed by atoms with van der Waals surface area (Å²) in [7, 11) is 3.66. The molecule has 2 N–H and O–H groups in total. The van der Waals surface area contributed by atoms with E-state index in [-0.39, 0.29) is 5.91 Å². The van der Waals surface area contributed by atoms with E-state index in [1.807, 2.05) is 49.5 Å². The second kappa shape index (κ2) is 9.91. The van der Waals surface area contributed by atoms with Gasteiger partial charge in [0.25, 0.3) is 5.91 Å².